The quantitative estimate of drug-likeness (QED) is 0.918. The van der Waals surface area contributed by atoms with Gasteiger partial charge in [-0.25, -0.2) is 9.48 Å². The van der Waals surface area contributed by atoms with Crippen LogP contribution in [-0.2, 0) is 0 Å². The molecular weight excluding hydrogens is 323 g/mol. The molecule has 1 N–H and O–H groups in total. The highest BCUT2D eigenvalue weighted by molar-refractivity contribution is 9.10. The summed E-state index contributed by atoms with van der Waals surface area (Å²) in [5, 5.41) is 13.0. The number of halogens is 2. The molecule has 0 aliphatic carbocycles. The lowest BCUT2D eigenvalue weighted by Crippen LogP contribution is -2.20. The van der Waals surface area contributed by atoms with Crippen molar-refractivity contribution in [2.45, 2.75) is 0 Å². The first-order chi connectivity index (χ1) is 8.49. The standard InChI is InChI=1S/C11H6BrClN2O3/c12-7-2-1-6(5-8(7)13)15-4-3-9(16)10(14-15)11(17)18/h1-5H,(H,17,18). The van der Waals surface area contributed by atoms with E-state index in [-0.39, 0.29) is 0 Å². The molecule has 2 aromatic rings. The average Bonchev–Trinajstić information content (AvgIpc) is 2.33. The van der Waals surface area contributed by atoms with Crippen molar-refractivity contribution in [3.05, 3.63) is 55.9 Å². The zero-order chi connectivity index (χ0) is 13.3. The van der Waals surface area contributed by atoms with E-state index in [4.69, 9.17) is 16.7 Å². The molecule has 18 heavy (non-hydrogen) atoms. The molecule has 1 aromatic heterocycles. The summed E-state index contributed by atoms with van der Waals surface area (Å²) in [7, 11) is 0. The van der Waals surface area contributed by atoms with Gasteiger partial charge in [0.15, 0.2) is 0 Å². The van der Waals surface area contributed by atoms with Crippen LogP contribution in [0, 0.1) is 0 Å². The summed E-state index contributed by atoms with van der Waals surface area (Å²) in [6.45, 7) is 0. The number of aromatic carboxylic acids is 1. The van der Waals surface area contributed by atoms with Crippen LogP contribution in [0.4, 0.5) is 0 Å². The Kier molecular flexibility index (Phi) is 3.49. The van der Waals surface area contributed by atoms with Crippen LogP contribution in [0.3, 0.4) is 0 Å². The molecule has 1 heterocycles. The second-order valence-electron chi connectivity index (χ2n) is 3.38. The van der Waals surface area contributed by atoms with Crippen molar-refractivity contribution in [3.8, 4) is 5.69 Å². The summed E-state index contributed by atoms with van der Waals surface area (Å²) >= 11 is 9.18. The number of nitrogens with zero attached hydrogens (tertiary/aromatic N) is 2. The van der Waals surface area contributed by atoms with Crippen molar-refractivity contribution in [1.82, 2.24) is 9.78 Å². The fourth-order valence-electron chi connectivity index (χ4n) is 1.33. The Morgan fingerprint density at radius 3 is 2.72 bits per heavy atom. The largest absolute Gasteiger partial charge is 0.476 e. The van der Waals surface area contributed by atoms with Crippen molar-refractivity contribution in [2.75, 3.05) is 0 Å². The zero-order valence-electron chi connectivity index (χ0n) is 8.80. The molecule has 0 saturated carbocycles. The van der Waals surface area contributed by atoms with E-state index >= 15 is 0 Å². The van der Waals surface area contributed by atoms with Gasteiger partial charge in [-0.15, -0.1) is 0 Å². The number of aromatic nitrogens is 2. The number of carbonyl (C=O) groups is 1. The topological polar surface area (TPSA) is 72.2 Å². The molecule has 0 fully saturated rings. The van der Waals surface area contributed by atoms with E-state index in [0.29, 0.717) is 15.2 Å². The Labute approximate surface area is 115 Å². The lowest BCUT2D eigenvalue weighted by Gasteiger charge is -2.06. The fraction of sp³-hybridized carbons (Fsp3) is 0. The maximum Gasteiger partial charge on any atom is 0.360 e. The number of hydrogen-bond donors (Lipinski definition) is 1. The van der Waals surface area contributed by atoms with Gasteiger partial charge < -0.3 is 5.11 Å². The van der Waals surface area contributed by atoms with Crippen molar-refractivity contribution in [3.63, 3.8) is 0 Å². The summed E-state index contributed by atoms with van der Waals surface area (Å²) in [6, 6.07) is 6.15. The molecule has 1 aromatic carbocycles. The lowest BCUT2D eigenvalue weighted by molar-refractivity contribution is 0.0687. The third kappa shape index (κ3) is 2.44. The first-order valence-electron chi connectivity index (χ1n) is 4.78. The van der Waals surface area contributed by atoms with Crippen LogP contribution in [-0.4, -0.2) is 20.9 Å². The lowest BCUT2D eigenvalue weighted by atomic mass is 10.3. The maximum absolute atomic E-state index is 11.3. The minimum Gasteiger partial charge on any atom is -0.476 e. The first kappa shape index (κ1) is 12.8. The highest BCUT2D eigenvalue weighted by Gasteiger charge is 2.11. The van der Waals surface area contributed by atoms with Crippen molar-refractivity contribution >= 4 is 33.5 Å². The van der Waals surface area contributed by atoms with Crippen LogP contribution in [0.25, 0.3) is 5.69 Å². The number of carboxylic acid groups (broad SMARTS) is 1. The molecule has 0 radical (unpaired) electrons. The Morgan fingerprint density at radius 2 is 2.11 bits per heavy atom. The van der Waals surface area contributed by atoms with Crippen molar-refractivity contribution in [2.24, 2.45) is 0 Å². The molecule has 7 heteroatoms. The molecular formula is C11H6BrClN2O3. The predicted molar refractivity (Wildman–Crippen MR) is 69.5 cm³/mol. The molecule has 0 atom stereocenters. The van der Waals surface area contributed by atoms with Gasteiger partial charge in [0.2, 0.25) is 11.1 Å². The van der Waals surface area contributed by atoms with Crippen LogP contribution >= 0.6 is 27.5 Å². The molecule has 0 bridgehead atoms. The summed E-state index contributed by atoms with van der Waals surface area (Å²) in [4.78, 5) is 22.1. The second kappa shape index (κ2) is 4.91. The Bertz CT molecular complexity index is 684. The van der Waals surface area contributed by atoms with Crippen LogP contribution in [0.5, 0.6) is 0 Å². The number of carboxylic acids is 1. The van der Waals surface area contributed by atoms with Gasteiger partial charge in [0, 0.05) is 16.7 Å². The Hall–Kier alpha value is -1.66. The predicted octanol–water partition coefficient (Wildman–Crippen LogP) is 2.35. The number of hydrogen-bond acceptors (Lipinski definition) is 3. The fourth-order valence-corrected chi connectivity index (χ4v) is 1.75. The minimum absolute atomic E-state index is 0.463. The number of benzene rings is 1. The van der Waals surface area contributed by atoms with E-state index in [0.717, 1.165) is 6.07 Å². The van der Waals surface area contributed by atoms with Gasteiger partial charge in [-0.2, -0.15) is 5.10 Å². The molecule has 0 amide bonds. The molecule has 2 rings (SSSR count). The summed E-state index contributed by atoms with van der Waals surface area (Å²) in [6.07, 6.45) is 1.38. The van der Waals surface area contributed by atoms with Gasteiger partial charge in [-0.05, 0) is 34.1 Å². The molecule has 92 valence electrons. The SMILES string of the molecule is O=C(O)c1nn(-c2ccc(Br)c(Cl)c2)ccc1=O. The third-order valence-corrected chi connectivity index (χ3v) is 3.41. The van der Waals surface area contributed by atoms with Crippen LogP contribution < -0.4 is 5.43 Å². The van der Waals surface area contributed by atoms with E-state index in [9.17, 15) is 9.59 Å². The van der Waals surface area contributed by atoms with E-state index in [1.165, 1.54) is 10.9 Å². The molecule has 0 aliphatic heterocycles. The van der Waals surface area contributed by atoms with Crippen LogP contribution in [0.15, 0.2) is 39.7 Å². The molecule has 0 spiro atoms. The Balaban J connectivity index is 2.57. The van der Waals surface area contributed by atoms with Gasteiger partial charge >= 0.3 is 5.97 Å². The second-order valence-corrected chi connectivity index (χ2v) is 4.64. The summed E-state index contributed by atoms with van der Waals surface area (Å²) in [5.74, 6) is -1.36. The van der Waals surface area contributed by atoms with E-state index in [1.807, 2.05) is 0 Å². The van der Waals surface area contributed by atoms with E-state index in [2.05, 4.69) is 21.0 Å². The third-order valence-electron chi connectivity index (χ3n) is 2.18. The smallest absolute Gasteiger partial charge is 0.360 e. The van der Waals surface area contributed by atoms with Crippen molar-refractivity contribution in [1.29, 1.82) is 0 Å². The minimum atomic E-state index is -1.36. The zero-order valence-corrected chi connectivity index (χ0v) is 11.1. The van der Waals surface area contributed by atoms with E-state index < -0.39 is 17.1 Å². The van der Waals surface area contributed by atoms with Gasteiger partial charge in [-0.3, -0.25) is 4.79 Å². The monoisotopic (exact) mass is 328 g/mol. The maximum atomic E-state index is 11.3. The van der Waals surface area contributed by atoms with E-state index in [1.54, 1.807) is 18.2 Å². The Morgan fingerprint density at radius 1 is 1.39 bits per heavy atom. The van der Waals surface area contributed by atoms with Crippen LogP contribution in [0.1, 0.15) is 10.5 Å². The molecule has 0 unspecified atom stereocenters. The summed E-state index contributed by atoms with van der Waals surface area (Å²) in [5.41, 5.74) is -0.607. The highest BCUT2D eigenvalue weighted by atomic mass is 79.9. The highest BCUT2D eigenvalue weighted by Crippen LogP contribution is 2.24. The van der Waals surface area contributed by atoms with Gasteiger partial charge in [-0.1, -0.05) is 11.6 Å². The molecule has 5 nitrogen and oxygen atoms in total. The summed E-state index contributed by atoms with van der Waals surface area (Å²) < 4.78 is 2.00. The van der Waals surface area contributed by atoms with Gasteiger partial charge in [0.1, 0.15) is 0 Å². The van der Waals surface area contributed by atoms with Gasteiger partial charge in [0.25, 0.3) is 0 Å². The van der Waals surface area contributed by atoms with Crippen LogP contribution in [0.2, 0.25) is 5.02 Å². The molecule has 0 aliphatic rings. The molecule has 0 saturated heterocycles. The first-order valence-corrected chi connectivity index (χ1v) is 5.95. The number of rotatable bonds is 2. The van der Waals surface area contributed by atoms with Crippen molar-refractivity contribution < 1.29 is 9.90 Å². The van der Waals surface area contributed by atoms with Gasteiger partial charge in [0.05, 0.1) is 10.7 Å². The average molecular weight is 330 g/mol. The normalized spacial score (nSPS) is 10.3.